The lowest BCUT2D eigenvalue weighted by molar-refractivity contribution is 0.411. The summed E-state index contributed by atoms with van der Waals surface area (Å²) >= 11 is 0. The molecule has 190 valence electrons. The molecule has 2 nitrogen and oxygen atoms in total. The number of benzene rings is 2. The van der Waals surface area contributed by atoms with Crippen LogP contribution in [0.15, 0.2) is 0 Å². The SMILES string of the molecule is Cc1c(-c2c(C)c(C(C)(C)C)c(F)c(C(C)(C)C)c2O)c(O)c(C(C)(C)C)c(F)c1C(C)(C)C. The van der Waals surface area contributed by atoms with Crippen LogP contribution in [0.4, 0.5) is 8.78 Å². The zero-order chi connectivity index (χ0) is 26.9. The van der Waals surface area contributed by atoms with E-state index in [1.165, 1.54) is 0 Å². The third-order valence-corrected chi connectivity index (χ3v) is 6.58. The van der Waals surface area contributed by atoms with E-state index in [1.807, 2.05) is 83.1 Å². The van der Waals surface area contributed by atoms with E-state index in [9.17, 15) is 10.2 Å². The summed E-state index contributed by atoms with van der Waals surface area (Å²) < 4.78 is 32.0. The molecule has 0 fully saturated rings. The average molecular weight is 475 g/mol. The number of rotatable bonds is 1. The van der Waals surface area contributed by atoms with Crippen LogP contribution < -0.4 is 0 Å². The van der Waals surface area contributed by atoms with E-state index in [0.29, 0.717) is 33.4 Å². The van der Waals surface area contributed by atoms with Crippen molar-refractivity contribution in [3.63, 3.8) is 0 Å². The van der Waals surface area contributed by atoms with E-state index in [0.717, 1.165) is 0 Å². The highest BCUT2D eigenvalue weighted by atomic mass is 19.1. The number of halogens is 2. The molecule has 2 N–H and O–H groups in total. The summed E-state index contributed by atoms with van der Waals surface area (Å²) in [5, 5.41) is 23.2. The van der Waals surface area contributed by atoms with E-state index in [-0.39, 0.29) is 22.6 Å². The molecule has 0 aliphatic rings. The smallest absolute Gasteiger partial charge is 0.134 e. The standard InChI is InChI=1S/C30H44F2O2/c1-15-17(25(33)21(29(9,10)11)23(31)19(15)27(3,4)5)18-16(2)20(28(6,7)8)24(32)22(26(18)34)30(12,13)14/h33-34H,1-14H3. The van der Waals surface area contributed by atoms with Crippen LogP contribution in [0.1, 0.15) is 116 Å². The summed E-state index contributed by atoms with van der Waals surface area (Å²) in [5.74, 6) is -1.24. The van der Waals surface area contributed by atoms with Gasteiger partial charge < -0.3 is 10.2 Å². The molecule has 0 unspecified atom stereocenters. The monoisotopic (exact) mass is 474 g/mol. The molecule has 0 heterocycles. The van der Waals surface area contributed by atoms with Gasteiger partial charge in [0, 0.05) is 22.3 Å². The Morgan fingerprint density at radius 1 is 0.441 bits per heavy atom. The predicted molar refractivity (Wildman–Crippen MR) is 139 cm³/mol. The molecule has 34 heavy (non-hydrogen) atoms. The van der Waals surface area contributed by atoms with Gasteiger partial charge in [-0.1, -0.05) is 83.1 Å². The molecule has 0 radical (unpaired) electrons. The molecular weight excluding hydrogens is 430 g/mol. The predicted octanol–water partition coefficient (Wildman–Crippen LogP) is 8.85. The third-order valence-electron chi connectivity index (χ3n) is 6.58. The topological polar surface area (TPSA) is 40.5 Å². The summed E-state index contributed by atoms with van der Waals surface area (Å²) in [7, 11) is 0. The fourth-order valence-electron chi connectivity index (χ4n) is 5.41. The van der Waals surface area contributed by atoms with Crippen molar-refractivity contribution in [3.8, 4) is 22.6 Å². The summed E-state index contributed by atoms with van der Waals surface area (Å²) in [6, 6.07) is 0. The van der Waals surface area contributed by atoms with Crippen molar-refractivity contribution in [3.05, 3.63) is 45.0 Å². The maximum Gasteiger partial charge on any atom is 0.134 e. The van der Waals surface area contributed by atoms with Gasteiger partial charge in [-0.05, 0) is 57.8 Å². The minimum Gasteiger partial charge on any atom is -0.507 e. The van der Waals surface area contributed by atoms with Crippen molar-refractivity contribution in [2.75, 3.05) is 0 Å². The van der Waals surface area contributed by atoms with Crippen LogP contribution >= 0.6 is 0 Å². The minimum atomic E-state index is -0.695. The summed E-state index contributed by atoms with van der Waals surface area (Å²) in [5.41, 5.74) is 0.752. The number of aromatic hydroxyl groups is 2. The van der Waals surface area contributed by atoms with Gasteiger partial charge in [-0.25, -0.2) is 8.78 Å². The van der Waals surface area contributed by atoms with Crippen molar-refractivity contribution in [1.82, 2.24) is 0 Å². The van der Waals surface area contributed by atoms with E-state index in [1.54, 1.807) is 13.8 Å². The molecule has 2 aromatic carbocycles. The number of hydrogen-bond acceptors (Lipinski definition) is 2. The van der Waals surface area contributed by atoms with Gasteiger partial charge in [-0.2, -0.15) is 0 Å². The van der Waals surface area contributed by atoms with Crippen molar-refractivity contribution >= 4 is 0 Å². The highest BCUT2D eigenvalue weighted by molar-refractivity contribution is 5.86. The van der Waals surface area contributed by atoms with Gasteiger partial charge in [0.2, 0.25) is 0 Å². The third kappa shape index (κ3) is 4.57. The number of hydrogen-bond donors (Lipinski definition) is 2. The normalized spacial score (nSPS) is 13.5. The highest BCUT2D eigenvalue weighted by Gasteiger charge is 2.38. The molecule has 0 spiro atoms. The van der Waals surface area contributed by atoms with E-state index < -0.39 is 33.3 Å². The molecule has 0 atom stereocenters. The quantitative estimate of drug-likeness (QED) is 0.433. The Morgan fingerprint density at radius 2 is 0.647 bits per heavy atom. The highest BCUT2D eigenvalue weighted by Crippen LogP contribution is 2.53. The van der Waals surface area contributed by atoms with Crippen LogP contribution in [0.25, 0.3) is 11.1 Å². The Hall–Kier alpha value is -2.10. The second-order valence-corrected chi connectivity index (χ2v) is 13.8. The maximum atomic E-state index is 16.0. The lowest BCUT2D eigenvalue weighted by atomic mass is 9.71. The zero-order valence-corrected chi connectivity index (χ0v) is 23.7. The van der Waals surface area contributed by atoms with Crippen LogP contribution in [0.3, 0.4) is 0 Å². The summed E-state index contributed by atoms with van der Waals surface area (Å²) in [6.45, 7) is 26.3. The Balaban J connectivity index is 3.37. The van der Waals surface area contributed by atoms with Gasteiger partial charge in [-0.3, -0.25) is 0 Å². The number of phenols is 2. The Labute approximate surface area is 205 Å². The largest absolute Gasteiger partial charge is 0.507 e. The molecule has 2 rings (SSSR count). The lowest BCUT2D eigenvalue weighted by Gasteiger charge is -2.34. The van der Waals surface area contributed by atoms with Gasteiger partial charge in [0.15, 0.2) is 0 Å². The Kier molecular flexibility index (Phi) is 6.82. The van der Waals surface area contributed by atoms with Crippen molar-refractivity contribution in [2.45, 2.75) is 119 Å². The molecule has 4 heteroatoms. The molecule has 2 aromatic rings. The van der Waals surface area contributed by atoms with Gasteiger partial charge in [0.25, 0.3) is 0 Å². The van der Waals surface area contributed by atoms with Gasteiger partial charge in [0.1, 0.15) is 23.1 Å². The van der Waals surface area contributed by atoms with E-state index in [2.05, 4.69) is 0 Å². The summed E-state index contributed by atoms with van der Waals surface area (Å²) in [4.78, 5) is 0. The molecule has 0 aliphatic heterocycles. The summed E-state index contributed by atoms with van der Waals surface area (Å²) in [6.07, 6.45) is 0. The first kappa shape index (κ1) is 28.1. The fraction of sp³-hybridized carbons (Fsp3) is 0.600. The molecule has 0 saturated heterocycles. The van der Waals surface area contributed by atoms with Crippen LogP contribution in [0, 0.1) is 25.5 Å². The van der Waals surface area contributed by atoms with Crippen LogP contribution in [0.2, 0.25) is 0 Å². The molecule has 0 bridgehead atoms. The lowest BCUT2D eigenvalue weighted by Crippen LogP contribution is -2.24. The first-order chi connectivity index (χ1) is 15.0. The molecule has 0 aliphatic carbocycles. The van der Waals surface area contributed by atoms with Gasteiger partial charge in [0.05, 0.1) is 0 Å². The minimum absolute atomic E-state index is 0.194. The van der Waals surface area contributed by atoms with Crippen LogP contribution in [-0.4, -0.2) is 10.2 Å². The zero-order valence-electron chi connectivity index (χ0n) is 23.7. The number of phenolic OH excluding ortho intramolecular Hbond substituents is 2. The molecule has 0 saturated carbocycles. The first-order valence-corrected chi connectivity index (χ1v) is 12.1. The molecular formula is C30H44F2O2. The van der Waals surface area contributed by atoms with Crippen molar-refractivity contribution < 1.29 is 19.0 Å². The fourth-order valence-corrected chi connectivity index (χ4v) is 5.41. The maximum absolute atomic E-state index is 16.0. The Morgan fingerprint density at radius 3 is 0.824 bits per heavy atom. The van der Waals surface area contributed by atoms with Crippen LogP contribution in [-0.2, 0) is 21.7 Å². The molecule has 0 aromatic heterocycles. The van der Waals surface area contributed by atoms with Crippen molar-refractivity contribution in [2.24, 2.45) is 0 Å². The first-order valence-electron chi connectivity index (χ1n) is 12.1. The Bertz CT molecular complexity index is 956. The average Bonchev–Trinajstić information content (AvgIpc) is 2.51. The van der Waals surface area contributed by atoms with E-state index >= 15 is 8.78 Å². The molecule has 0 amide bonds. The van der Waals surface area contributed by atoms with Crippen molar-refractivity contribution in [1.29, 1.82) is 0 Å². The van der Waals surface area contributed by atoms with Gasteiger partial charge >= 0.3 is 0 Å². The second kappa shape index (κ2) is 8.24. The van der Waals surface area contributed by atoms with Crippen LogP contribution in [0.5, 0.6) is 11.5 Å². The van der Waals surface area contributed by atoms with E-state index in [4.69, 9.17) is 0 Å². The second-order valence-electron chi connectivity index (χ2n) is 13.8. The van der Waals surface area contributed by atoms with Gasteiger partial charge in [-0.15, -0.1) is 0 Å².